The van der Waals surface area contributed by atoms with Gasteiger partial charge in [-0.05, 0) is 26.7 Å². The Balaban J connectivity index is 2.11. The van der Waals surface area contributed by atoms with Crippen molar-refractivity contribution in [2.75, 3.05) is 19.7 Å². The molecule has 1 rings (SSSR count). The third-order valence-corrected chi connectivity index (χ3v) is 4.19. The van der Waals surface area contributed by atoms with Crippen molar-refractivity contribution in [3.05, 3.63) is 0 Å². The molecule has 1 aliphatic rings. The summed E-state index contributed by atoms with van der Waals surface area (Å²) < 4.78 is 10.7. The summed E-state index contributed by atoms with van der Waals surface area (Å²) in [5.74, 6) is -0.0570. The highest BCUT2D eigenvalue weighted by Gasteiger charge is 2.42. The summed E-state index contributed by atoms with van der Waals surface area (Å²) in [4.78, 5) is 11.7. The molecule has 0 bridgehead atoms. The Morgan fingerprint density at radius 1 is 1.21 bits per heavy atom. The van der Waals surface area contributed by atoms with Crippen LogP contribution < -0.4 is 10.6 Å². The van der Waals surface area contributed by atoms with Crippen molar-refractivity contribution in [2.45, 2.75) is 76.8 Å². The normalized spacial score (nSPS) is 31.7. The van der Waals surface area contributed by atoms with Crippen LogP contribution in [0.2, 0.25) is 0 Å². The van der Waals surface area contributed by atoms with Crippen molar-refractivity contribution in [1.29, 1.82) is 0 Å². The Bertz CT molecular complexity index is 370. The second-order valence-corrected chi connectivity index (χ2v) is 6.27. The van der Waals surface area contributed by atoms with Crippen molar-refractivity contribution in [2.24, 2.45) is 0 Å². The van der Waals surface area contributed by atoms with Crippen LogP contribution in [0.3, 0.4) is 0 Å². The van der Waals surface area contributed by atoms with Gasteiger partial charge in [0.15, 0.2) is 6.29 Å². The van der Waals surface area contributed by atoms with Gasteiger partial charge in [0.1, 0.15) is 18.3 Å². The van der Waals surface area contributed by atoms with Gasteiger partial charge in [-0.1, -0.05) is 6.92 Å². The van der Waals surface area contributed by atoms with Crippen LogP contribution in [0.15, 0.2) is 0 Å². The third-order valence-electron chi connectivity index (χ3n) is 4.19. The molecule has 1 fully saturated rings. The van der Waals surface area contributed by atoms with Crippen molar-refractivity contribution in [1.82, 2.24) is 10.6 Å². The Hall–Kier alpha value is -0.770. The van der Waals surface area contributed by atoms with E-state index in [-0.39, 0.29) is 12.5 Å². The zero-order chi connectivity index (χ0) is 18.1. The predicted molar refractivity (Wildman–Crippen MR) is 88.3 cm³/mol. The molecule has 0 radical (unpaired) electrons. The highest BCUT2D eigenvalue weighted by atomic mass is 16.7. The number of hydrogen-bond donors (Lipinski definition) is 5. The zero-order valence-corrected chi connectivity index (χ0v) is 14.8. The molecule has 0 aromatic carbocycles. The zero-order valence-electron chi connectivity index (χ0n) is 14.8. The lowest BCUT2D eigenvalue weighted by molar-refractivity contribution is -0.293. The molecular formula is C16H32N2O6. The van der Waals surface area contributed by atoms with Crippen LogP contribution in [0, 0.1) is 0 Å². The summed E-state index contributed by atoms with van der Waals surface area (Å²) in [5.41, 5.74) is 0. The van der Waals surface area contributed by atoms with Crippen LogP contribution >= 0.6 is 0 Å². The van der Waals surface area contributed by atoms with E-state index in [1.165, 1.54) is 0 Å². The molecule has 0 aromatic rings. The number of rotatable bonds is 10. The quantitative estimate of drug-likeness (QED) is 0.325. The molecule has 24 heavy (non-hydrogen) atoms. The lowest BCUT2D eigenvalue weighted by Gasteiger charge is -2.38. The predicted octanol–water partition coefficient (Wildman–Crippen LogP) is -0.885. The van der Waals surface area contributed by atoms with E-state index in [4.69, 9.17) is 9.47 Å². The fourth-order valence-electron chi connectivity index (χ4n) is 2.34. The lowest BCUT2D eigenvalue weighted by atomic mass is 10.0. The topological polar surface area (TPSA) is 120 Å². The monoisotopic (exact) mass is 348 g/mol. The van der Waals surface area contributed by atoms with Gasteiger partial charge in [-0.25, -0.2) is 0 Å². The first-order chi connectivity index (χ1) is 11.4. The molecular weight excluding hydrogens is 316 g/mol. The average molecular weight is 348 g/mol. The number of ether oxygens (including phenoxy) is 2. The fourth-order valence-corrected chi connectivity index (χ4v) is 2.34. The number of nitrogens with one attached hydrogen (secondary N) is 2. The van der Waals surface area contributed by atoms with E-state index in [1.54, 1.807) is 6.92 Å². The molecule has 5 N–H and O–H groups in total. The number of aliphatic hydroxyl groups is 3. The number of hydrogen-bond acceptors (Lipinski definition) is 7. The van der Waals surface area contributed by atoms with Gasteiger partial charge < -0.3 is 35.4 Å². The number of carbonyl (C=O) groups is 1. The number of amides is 1. The van der Waals surface area contributed by atoms with E-state index < -0.39 is 30.7 Å². The van der Waals surface area contributed by atoms with Crippen LogP contribution in [0.25, 0.3) is 0 Å². The van der Waals surface area contributed by atoms with Gasteiger partial charge in [0.05, 0.1) is 12.7 Å². The molecule has 142 valence electrons. The Morgan fingerprint density at radius 3 is 2.58 bits per heavy atom. The van der Waals surface area contributed by atoms with Gasteiger partial charge >= 0.3 is 0 Å². The molecule has 0 aromatic heterocycles. The first-order valence-corrected chi connectivity index (χ1v) is 8.68. The maximum atomic E-state index is 11.7. The summed E-state index contributed by atoms with van der Waals surface area (Å²) in [6.07, 6.45) is -3.55. The van der Waals surface area contributed by atoms with Crippen molar-refractivity contribution < 1.29 is 29.6 Å². The third kappa shape index (κ3) is 7.00. The molecule has 6 unspecified atom stereocenters. The summed E-state index contributed by atoms with van der Waals surface area (Å²) >= 11 is 0. The molecule has 0 aliphatic carbocycles. The lowest BCUT2D eigenvalue weighted by Crippen LogP contribution is -2.57. The van der Waals surface area contributed by atoms with E-state index in [0.29, 0.717) is 25.4 Å². The van der Waals surface area contributed by atoms with Gasteiger partial charge in [0, 0.05) is 25.6 Å². The van der Waals surface area contributed by atoms with Crippen LogP contribution in [-0.4, -0.2) is 77.7 Å². The minimum Gasteiger partial charge on any atom is -0.388 e. The minimum atomic E-state index is -1.31. The van der Waals surface area contributed by atoms with E-state index >= 15 is 0 Å². The molecule has 1 amide bonds. The van der Waals surface area contributed by atoms with Gasteiger partial charge in [-0.3, -0.25) is 4.79 Å². The van der Waals surface area contributed by atoms with Crippen molar-refractivity contribution in [3.8, 4) is 0 Å². The van der Waals surface area contributed by atoms with E-state index in [0.717, 1.165) is 13.0 Å². The molecule has 0 saturated carbocycles. The first kappa shape index (κ1) is 21.3. The second kappa shape index (κ2) is 11.0. The highest BCUT2D eigenvalue weighted by Crippen LogP contribution is 2.21. The van der Waals surface area contributed by atoms with Crippen LogP contribution in [0.1, 0.15) is 40.0 Å². The average Bonchev–Trinajstić information content (AvgIpc) is 2.57. The summed E-state index contributed by atoms with van der Waals surface area (Å²) in [6, 6.07) is 0.438. The van der Waals surface area contributed by atoms with Crippen LogP contribution in [0.4, 0.5) is 0 Å². The fraction of sp³-hybridized carbons (Fsp3) is 0.938. The van der Waals surface area contributed by atoms with Gasteiger partial charge in [0.2, 0.25) is 5.91 Å². The maximum absolute atomic E-state index is 11.7. The molecule has 8 nitrogen and oxygen atoms in total. The van der Waals surface area contributed by atoms with Crippen molar-refractivity contribution in [3.63, 3.8) is 0 Å². The molecule has 1 saturated heterocycles. The number of carbonyl (C=O) groups excluding carboxylic acids is 1. The molecule has 6 atom stereocenters. The summed E-state index contributed by atoms with van der Waals surface area (Å²) in [6.45, 7) is 7.32. The molecule has 8 heteroatoms. The van der Waals surface area contributed by atoms with Gasteiger partial charge in [-0.2, -0.15) is 0 Å². The Labute approximate surface area is 143 Å². The Kier molecular flexibility index (Phi) is 9.72. The molecule has 1 aliphatic heterocycles. The highest BCUT2D eigenvalue weighted by molar-refractivity contribution is 5.75. The maximum Gasteiger partial charge on any atom is 0.220 e. The van der Waals surface area contributed by atoms with E-state index in [1.807, 2.05) is 0 Å². The van der Waals surface area contributed by atoms with Crippen LogP contribution in [-0.2, 0) is 14.3 Å². The molecule has 0 spiro atoms. The summed E-state index contributed by atoms with van der Waals surface area (Å²) in [5, 5.41) is 35.2. The number of aliphatic hydroxyl groups excluding tert-OH is 3. The Morgan fingerprint density at radius 2 is 1.92 bits per heavy atom. The SMILES string of the molecule is CCC(C)NCCNC(=O)CCCOC1OC(C)C(O)C(O)C1O. The van der Waals surface area contributed by atoms with E-state index in [9.17, 15) is 20.1 Å². The van der Waals surface area contributed by atoms with E-state index in [2.05, 4.69) is 24.5 Å². The summed E-state index contributed by atoms with van der Waals surface area (Å²) in [7, 11) is 0. The second-order valence-electron chi connectivity index (χ2n) is 6.27. The van der Waals surface area contributed by atoms with Crippen molar-refractivity contribution >= 4 is 5.91 Å². The van der Waals surface area contributed by atoms with Gasteiger partial charge in [0.25, 0.3) is 0 Å². The van der Waals surface area contributed by atoms with Crippen LogP contribution in [0.5, 0.6) is 0 Å². The van der Waals surface area contributed by atoms with Gasteiger partial charge in [-0.15, -0.1) is 0 Å². The largest absolute Gasteiger partial charge is 0.388 e. The first-order valence-electron chi connectivity index (χ1n) is 8.68. The molecule has 1 heterocycles. The standard InChI is InChI=1S/C16H32N2O6/c1-4-10(2)17-7-8-18-12(19)6-5-9-23-16-15(22)14(21)13(20)11(3)24-16/h10-11,13-17,20-22H,4-9H2,1-3H3,(H,18,19). The smallest absolute Gasteiger partial charge is 0.220 e. The minimum absolute atomic E-state index is 0.0570.